The van der Waals surface area contributed by atoms with Gasteiger partial charge in [0.15, 0.2) is 0 Å². The summed E-state index contributed by atoms with van der Waals surface area (Å²) in [5, 5.41) is 22.6. The maximum Gasteiger partial charge on any atom is 0.145 e. The van der Waals surface area contributed by atoms with Crippen LogP contribution in [-0.4, -0.2) is 17.6 Å². The lowest BCUT2D eigenvalue weighted by Crippen LogP contribution is -2.26. The molecule has 0 fully saturated rings. The minimum atomic E-state index is -0.586. The number of furan rings is 1. The number of rotatable bonds is 1. The molecule has 23 aromatic rings. The first-order chi connectivity index (χ1) is 44.7. The first-order valence-corrected chi connectivity index (χ1v) is 31.5. The molecule has 2 aliphatic carbocycles. The number of hydrogen-bond acceptors (Lipinski definition) is 1. The van der Waals surface area contributed by atoms with Crippen molar-refractivity contribution < 1.29 is 4.42 Å². The Morgan fingerprint density at radius 2 is 0.556 bits per heavy atom. The highest BCUT2D eigenvalue weighted by molar-refractivity contribution is 6.35. The molecule has 1 spiro atoms. The molecule has 14 aromatic carbocycles. The summed E-state index contributed by atoms with van der Waals surface area (Å²) in [5.74, 6) is 0. The molecule has 0 N–H and O–H groups in total. The van der Waals surface area contributed by atoms with Crippen molar-refractivity contribution in [1.82, 2.24) is 17.6 Å². The Bertz CT molecular complexity index is 7290. The zero-order valence-corrected chi connectivity index (χ0v) is 47.9. The SMILES string of the molecule is c1ccc2c(c1)-c1ccccc1C21c2c(ccc3c2c2cccc4c5ccccc5n3c42)-c2ccc3c(c21)c1cccc2c4cc(-c5ccc6c(c5)c5cccc7c8c9oc%10c(ccc%11c%10c%10cccc%12c%13ccccc%13n%11c%12%10)c9ccc8n6c57)ccc4n3c21. The van der Waals surface area contributed by atoms with E-state index in [0.29, 0.717) is 0 Å². The summed E-state index contributed by atoms with van der Waals surface area (Å²) in [4.78, 5) is 0. The van der Waals surface area contributed by atoms with Crippen LogP contribution >= 0.6 is 0 Å². The van der Waals surface area contributed by atoms with Crippen molar-refractivity contribution in [2.45, 2.75) is 5.41 Å². The highest BCUT2D eigenvalue weighted by Gasteiger charge is 2.54. The van der Waals surface area contributed by atoms with Crippen LogP contribution in [0.4, 0.5) is 0 Å². The fourth-order valence-electron chi connectivity index (χ4n) is 19.3. The summed E-state index contributed by atoms with van der Waals surface area (Å²) in [7, 11) is 0. The first-order valence-electron chi connectivity index (χ1n) is 31.5. The van der Waals surface area contributed by atoms with Gasteiger partial charge in [0.05, 0.1) is 82.4 Å². The van der Waals surface area contributed by atoms with Crippen molar-refractivity contribution in [3.8, 4) is 33.4 Å². The molecule has 9 heterocycles. The van der Waals surface area contributed by atoms with Gasteiger partial charge in [-0.3, -0.25) is 0 Å². The summed E-state index contributed by atoms with van der Waals surface area (Å²) in [6, 6.07) is 97.3. The van der Waals surface area contributed by atoms with Crippen LogP contribution in [0.25, 0.3) is 208 Å². The maximum absolute atomic E-state index is 7.29. The molecule has 25 rings (SSSR count). The molecule has 0 radical (unpaired) electrons. The molecule has 90 heavy (non-hydrogen) atoms. The van der Waals surface area contributed by atoms with E-state index in [1.165, 1.54) is 208 Å². The van der Waals surface area contributed by atoms with Crippen molar-refractivity contribution in [2.24, 2.45) is 0 Å². The van der Waals surface area contributed by atoms with Gasteiger partial charge in [0, 0.05) is 86.2 Å². The Morgan fingerprint density at radius 3 is 1.01 bits per heavy atom. The van der Waals surface area contributed by atoms with Crippen LogP contribution < -0.4 is 0 Å². The van der Waals surface area contributed by atoms with Crippen molar-refractivity contribution in [1.29, 1.82) is 0 Å². The van der Waals surface area contributed by atoms with Gasteiger partial charge in [-0.15, -0.1) is 0 Å². The summed E-state index contributed by atoms with van der Waals surface area (Å²) in [5.41, 5.74) is 29.4. The van der Waals surface area contributed by atoms with Crippen molar-refractivity contribution in [3.63, 3.8) is 0 Å². The molecule has 0 aliphatic heterocycles. The minimum absolute atomic E-state index is 0.586. The van der Waals surface area contributed by atoms with E-state index < -0.39 is 5.41 Å². The molecule has 0 amide bonds. The van der Waals surface area contributed by atoms with Crippen molar-refractivity contribution >= 4 is 174 Å². The highest BCUT2D eigenvalue weighted by Crippen LogP contribution is 2.67. The Balaban J connectivity index is 0.692. The van der Waals surface area contributed by atoms with Crippen molar-refractivity contribution in [2.75, 3.05) is 0 Å². The molecule has 0 bridgehead atoms. The predicted octanol–water partition coefficient (Wildman–Crippen LogP) is 22.2. The van der Waals surface area contributed by atoms with E-state index in [1.807, 2.05) is 0 Å². The van der Waals surface area contributed by atoms with E-state index in [0.717, 1.165) is 21.9 Å². The number of aromatic nitrogens is 4. The average Bonchev–Trinajstić information content (AvgIpc) is 1.48. The average molecular weight is 1140 g/mol. The third kappa shape index (κ3) is 4.58. The highest BCUT2D eigenvalue weighted by atomic mass is 16.3. The molecule has 408 valence electrons. The standard InChI is InChI=1S/C85H42N4O/c1-5-25-63-45(13-1)46-14-2-6-26-64(46)85(63)77-49(31-37-69-73(77)57-21-9-17-51-47-15-3-7-27-65(47)86(69)79(51)57)50-32-38-70-74(78(50)85)58-22-11-19-53-61-41-43(29-35-67(61)88(70)81(53)58)44-30-36-68-62(42-44)54-20-12-24-60-76-72(89(68)82(54)60)40-34-56-55-33-39-71-75(83(55)90-84(56)76)59-23-10-18-52-48-16-4-8-28-66(48)87(71)80(52)59/h1-42H. The largest absolute Gasteiger partial charge is 0.455 e. The fourth-order valence-corrected chi connectivity index (χ4v) is 19.3. The van der Waals surface area contributed by atoms with Crippen LogP contribution in [0.1, 0.15) is 22.3 Å². The Labute approximate surface area is 509 Å². The van der Waals surface area contributed by atoms with Gasteiger partial charge in [-0.25, -0.2) is 0 Å². The molecule has 9 aromatic heterocycles. The van der Waals surface area contributed by atoms with Gasteiger partial charge in [0.2, 0.25) is 0 Å². The molecule has 5 heteroatoms. The topological polar surface area (TPSA) is 30.8 Å². The molecular formula is C85H42N4O. The molecule has 0 unspecified atom stereocenters. The van der Waals surface area contributed by atoms with Gasteiger partial charge >= 0.3 is 0 Å². The second-order valence-electron chi connectivity index (χ2n) is 26.0. The minimum Gasteiger partial charge on any atom is -0.455 e. The normalized spacial score (nSPS) is 14.1. The Kier molecular flexibility index (Phi) is 7.20. The van der Waals surface area contributed by atoms with Gasteiger partial charge in [-0.05, 0) is 128 Å². The summed E-state index contributed by atoms with van der Waals surface area (Å²) in [6.07, 6.45) is 0. The molecule has 5 nitrogen and oxygen atoms in total. The van der Waals surface area contributed by atoms with E-state index in [2.05, 4.69) is 272 Å². The number of hydrogen-bond donors (Lipinski definition) is 0. The fraction of sp³-hybridized carbons (Fsp3) is 0.0118. The van der Waals surface area contributed by atoms with Crippen molar-refractivity contribution in [3.05, 3.63) is 277 Å². The second-order valence-corrected chi connectivity index (χ2v) is 26.0. The van der Waals surface area contributed by atoms with Crippen LogP contribution in [0, 0.1) is 0 Å². The zero-order chi connectivity index (χ0) is 57.5. The lowest BCUT2D eigenvalue weighted by Gasteiger charge is -2.32. The smallest absolute Gasteiger partial charge is 0.145 e. The van der Waals surface area contributed by atoms with Crippen LogP contribution in [0.15, 0.2) is 259 Å². The van der Waals surface area contributed by atoms with Gasteiger partial charge in [0.25, 0.3) is 0 Å². The first kappa shape index (κ1) is 44.5. The molecule has 2 aliphatic rings. The molecule has 0 saturated carbocycles. The van der Waals surface area contributed by atoms with Gasteiger partial charge in [-0.1, -0.05) is 182 Å². The van der Waals surface area contributed by atoms with E-state index >= 15 is 0 Å². The lowest BCUT2D eigenvalue weighted by molar-refractivity contribution is 0.677. The monoisotopic (exact) mass is 1130 g/mol. The van der Waals surface area contributed by atoms with Gasteiger partial charge < -0.3 is 22.0 Å². The molecular weight excluding hydrogens is 1090 g/mol. The number of fused-ring (bicyclic) bond motifs is 41. The van der Waals surface area contributed by atoms with E-state index in [-0.39, 0.29) is 0 Å². The van der Waals surface area contributed by atoms with Crippen LogP contribution in [-0.2, 0) is 5.41 Å². The number of benzene rings is 14. The van der Waals surface area contributed by atoms with Crippen LogP contribution in [0.3, 0.4) is 0 Å². The number of nitrogens with zero attached hydrogens (tertiary/aromatic N) is 4. The van der Waals surface area contributed by atoms with E-state index in [1.54, 1.807) is 0 Å². The second kappa shape index (κ2) is 14.6. The third-order valence-electron chi connectivity index (χ3n) is 22.5. The Morgan fingerprint density at radius 1 is 0.222 bits per heavy atom. The summed E-state index contributed by atoms with van der Waals surface area (Å²) in [6.45, 7) is 0. The van der Waals surface area contributed by atoms with E-state index in [9.17, 15) is 0 Å². The molecule has 0 atom stereocenters. The van der Waals surface area contributed by atoms with Gasteiger partial charge in [-0.2, -0.15) is 0 Å². The summed E-state index contributed by atoms with van der Waals surface area (Å²) < 4.78 is 17.4. The predicted molar refractivity (Wildman–Crippen MR) is 374 cm³/mol. The van der Waals surface area contributed by atoms with Crippen LogP contribution in [0.5, 0.6) is 0 Å². The van der Waals surface area contributed by atoms with Crippen LogP contribution in [0.2, 0.25) is 0 Å². The summed E-state index contributed by atoms with van der Waals surface area (Å²) >= 11 is 0. The lowest BCUT2D eigenvalue weighted by atomic mass is 9.68. The maximum atomic E-state index is 7.29. The Hall–Kier alpha value is -11.9. The molecule has 0 saturated heterocycles. The van der Waals surface area contributed by atoms with Gasteiger partial charge in [0.1, 0.15) is 11.2 Å². The quantitative estimate of drug-likeness (QED) is 0.161. The van der Waals surface area contributed by atoms with E-state index in [4.69, 9.17) is 4.42 Å². The number of para-hydroxylation sites is 6. The third-order valence-corrected chi connectivity index (χ3v) is 22.5. The zero-order valence-electron chi connectivity index (χ0n) is 47.9.